The molecule has 27 heavy (non-hydrogen) atoms. The van der Waals surface area contributed by atoms with Crippen LogP contribution in [0.1, 0.15) is 42.0 Å². The van der Waals surface area contributed by atoms with Crippen LogP contribution < -0.4 is 10.1 Å². The second-order valence-electron chi connectivity index (χ2n) is 6.71. The Labute approximate surface area is 156 Å². The van der Waals surface area contributed by atoms with Crippen molar-refractivity contribution < 1.29 is 22.7 Å². The minimum absolute atomic E-state index is 0.0206. The number of aryl methyl sites for hydroxylation is 2. The maximum absolute atomic E-state index is 12.8. The highest BCUT2D eigenvalue weighted by atomic mass is 19.4. The lowest BCUT2D eigenvalue weighted by atomic mass is 10.1. The molecule has 1 aliphatic rings. The van der Waals surface area contributed by atoms with E-state index in [2.05, 4.69) is 5.32 Å². The van der Waals surface area contributed by atoms with Crippen LogP contribution in [0.5, 0.6) is 5.75 Å². The Morgan fingerprint density at radius 1 is 1.15 bits per heavy atom. The van der Waals surface area contributed by atoms with Crippen LogP contribution in [0, 0.1) is 0 Å². The van der Waals surface area contributed by atoms with E-state index in [0.29, 0.717) is 17.7 Å². The summed E-state index contributed by atoms with van der Waals surface area (Å²) < 4.78 is 44.2. The zero-order chi connectivity index (χ0) is 19.4. The fraction of sp³-hybridized carbons (Fsp3) is 0.381. The summed E-state index contributed by atoms with van der Waals surface area (Å²) in [6.45, 7) is 1.86. The summed E-state index contributed by atoms with van der Waals surface area (Å²) in [5.41, 5.74) is 2.25. The number of hydrogen-bond donors (Lipinski definition) is 1. The van der Waals surface area contributed by atoms with Gasteiger partial charge < -0.3 is 10.1 Å². The molecule has 3 nitrogen and oxygen atoms in total. The average Bonchev–Trinajstić information content (AvgIpc) is 3.11. The normalized spacial score (nSPS) is 14.5. The molecule has 0 aromatic heterocycles. The van der Waals surface area contributed by atoms with E-state index in [-0.39, 0.29) is 12.5 Å². The minimum atomic E-state index is -4.40. The van der Waals surface area contributed by atoms with Crippen molar-refractivity contribution in [3.8, 4) is 5.75 Å². The van der Waals surface area contributed by atoms with Gasteiger partial charge in [-0.25, -0.2) is 0 Å². The molecule has 1 N–H and O–H groups in total. The van der Waals surface area contributed by atoms with Crippen molar-refractivity contribution in [2.24, 2.45) is 0 Å². The lowest BCUT2D eigenvalue weighted by Crippen LogP contribution is -2.37. The molecule has 2 aromatic rings. The summed E-state index contributed by atoms with van der Waals surface area (Å²) >= 11 is 0. The first-order valence-corrected chi connectivity index (χ1v) is 9.09. The average molecular weight is 377 g/mol. The van der Waals surface area contributed by atoms with Crippen molar-refractivity contribution >= 4 is 5.91 Å². The molecule has 0 heterocycles. The van der Waals surface area contributed by atoms with Gasteiger partial charge in [-0.05, 0) is 66.6 Å². The van der Waals surface area contributed by atoms with Crippen LogP contribution in [0.2, 0.25) is 0 Å². The molecule has 3 rings (SSSR count). The van der Waals surface area contributed by atoms with Gasteiger partial charge in [-0.15, -0.1) is 0 Å². The zero-order valence-electron chi connectivity index (χ0n) is 15.1. The van der Waals surface area contributed by atoms with Crippen LogP contribution in [0.3, 0.4) is 0 Å². The first-order chi connectivity index (χ1) is 12.9. The highest BCUT2D eigenvalue weighted by molar-refractivity contribution is 5.81. The van der Waals surface area contributed by atoms with Crippen LogP contribution in [0.4, 0.5) is 13.2 Å². The number of carbonyl (C=O) groups is 1. The molecular formula is C21H22F3NO2. The van der Waals surface area contributed by atoms with Gasteiger partial charge in [-0.1, -0.05) is 25.1 Å². The number of fused-ring (bicyclic) bond motifs is 1. The molecule has 1 atom stereocenters. The number of nitrogens with one attached hydrogen (secondary N) is 1. The SMILES string of the molecule is CC[C@H](Oc1ccc2c(c1)CCC2)C(=O)NCc1cccc(C(F)(F)F)c1. The lowest BCUT2D eigenvalue weighted by Gasteiger charge is -2.18. The summed E-state index contributed by atoms with van der Waals surface area (Å²) in [7, 11) is 0. The van der Waals surface area contributed by atoms with Crippen LogP contribution in [-0.2, 0) is 30.4 Å². The van der Waals surface area contributed by atoms with E-state index in [1.54, 1.807) is 6.07 Å². The number of ether oxygens (including phenoxy) is 1. The summed E-state index contributed by atoms with van der Waals surface area (Å²) in [4.78, 5) is 12.4. The Morgan fingerprint density at radius 3 is 2.67 bits per heavy atom. The first-order valence-electron chi connectivity index (χ1n) is 9.09. The van der Waals surface area contributed by atoms with Gasteiger partial charge in [-0.2, -0.15) is 13.2 Å². The number of hydrogen-bond acceptors (Lipinski definition) is 2. The van der Waals surface area contributed by atoms with E-state index < -0.39 is 17.8 Å². The Hall–Kier alpha value is -2.50. The van der Waals surface area contributed by atoms with Gasteiger partial charge in [0.15, 0.2) is 6.10 Å². The Kier molecular flexibility index (Phi) is 5.73. The molecule has 0 unspecified atom stereocenters. The lowest BCUT2D eigenvalue weighted by molar-refractivity contribution is -0.137. The number of halogens is 3. The van der Waals surface area contributed by atoms with Gasteiger partial charge in [0.2, 0.25) is 0 Å². The molecule has 0 saturated carbocycles. The Morgan fingerprint density at radius 2 is 1.93 bits per heavy atom. The van der Waals surface area contributed by atoms with E-state index >= 15 is 0 Å². The number of alkyl halides is 3. The molecule has 2 aromatic carbocycles. The van der Waals surface area contributed by atoms with E-state index in [1.165, 1.54) is 17.2 Å². The van der Waals surface area contributed by atoms with Crippen molar-refractivity contribution in [1.29, 1.82) is 0 Å². The van der Waals surface area contributed by atoms with Crippen LogP contribution in [0.15, 0.2) is 42.5 Å². The second-order valence-corrected chi connectivity index (χ2v) is 6.71. The van der Waals surface area contributed by atoms with E-state index in [1.807, 2.05) is 25.1 Å². The molecular weight excluding hydrogens is 355 g/mol. The van der Waals surface area contributed by atoms with Crippen LogP contribution >= 0.6 is 0 Å². The second kappa shape index (κ2) is 8.03. The van der Waals surface area contributed by atoms with E-state index in [9.17, 15) is 18.0 Å². The summed E-state index contributed by atoms with van der Waals surface area (Å²) in [5, 5.41) is 2.67. The fourth-order valence-corrected chi connectivity index (χ4v) is 3.27. The molecule has 0 fully saturated rings. The zero-order valence-corrected chi connectivity index (χ0v) is 15.1. The standard InChI is InChI=1S/C21H22F3NO2/c1-2-19(27-18-10-9-15-6-4-7-16(15)12-18)20(26)25-13-14-5-3-8-17(11-14)21(22,23)24/h3,5,8-12,19H,2,4,6-7,13H2,1H3,(H,25,26)/t19-/m0/s1. The fourth-order valence-electron chi connectivity index (χ4n) is 3.27. The van der Waals surface area contributed by atoms with Gasteiger partial charge in [0.1, 0.15) is 5.75 Å². The summed E-state index contributed by atoms with van der Waals surface area (Å²) in [5.74, 6) is 0.312. The smallest absolute Gasteiger partial charge is 0.416 e. The van der Waals surface area contributed by atoms with Crippen LogP contribution in [0.25, 0.3) is 0 Å². The topological polar surface area (TPSA) is 38.3 Å². The van der Waals surface area contributed by atoms with Crippen molar-refractivity contribution in [2.75, 3.05) is 0 Å². The Bertz CT molecular complexity index is 817. The van der Waals surface area contributed by atoms with Crippen molar-refractivity contribution in [3.63, 3.8) is 0 Å². The van der Waals surface area contributed by atoms with E-state index in [0.717, 1.165) is 31.4 Å². The Balaban J connectivity index is 1.60. The monoisotopic (exact) mass is 377 g/mol. The summed E-state index contributed by atoms with van der Waals surface area (Å²) in [6.07, 6.45) is -1.40. The van der Waals surface area contributed by atoms with Crippen LogP contribution in [-0.4, -0.2) is 12.0 Å². The maximum atomic E-state index is 12.8. The molecule has 0 aliphatic heterocycles. The highest BCUT2D eigenvalue weighted by Crippen LogP contribution is 2.29. The molecule has 0 spiro atoms. The van der Waals surface area contributed by atoms with Crippen molar-refractivity contribution in [2.45, 2.75) is 51.4 Å². The molecule has 1 amide bonds. The van der Waals surface area contributed by atoms with Gasteiger partial charge in [-0.3, -0.25) is 4.79 Å². The van der Waals surface area contributed by atoms with Gasteiger partial charge in [0.05, 0.1) is 5.56 Å². The third kappa shape index (κ3) is 4.81. The largest absolute Gasteiger partial charge is 0.481 e. The third-order valence-electron chi connectivity index (χ3n) is 4.73. The van der Waals surface area contributed by atoms with Crippen molar-refractivity contribution in [1.82, 2.24) is 5.32 Å². The quantitative estimate of drug-likeness (QED) is 0.795. The number of benzene rings is 2. The first kappa shape index (κ1) is 19.3. The van der Waals surface area contributed by atoms with Gasteiger partial charge in [0, 0.05) is 6.54 Å². The summed E-state index contributed by atoms with van der Waals surface area (Å²) in [6, 6.07) is 10.8. The molecule has 1 aliphatic carbocycles. The molecule has 0 saturated heterocycles. The highest BCUT2D eigenvalue weighted by Gasteiger charge is 2.30. The predicted molar refractivity (Wildman–Crippen MR) is 96.5 cm³/mol. The molecule has 0 bridgehead atoms. The molecule has 144 valence electrons. The molecule has 0 radical (unpaired) electrons. The predicted octanol–water partition coefficient (Wildman–Crippen LogP) is 4.67. The maximum Gasteiger partial charge on any atom is 0.416 e. The third-order valence-corrected chi connectivity index (χ3v) is 4.73. The van der Waals surface area contributed by atoms with E-state index in [4.69, 9.17) is 4.74 Å². The molecule has 6 heteroatoms. The number of amides is 1. The number of carbonyl (C=O) groups excluding carboxylic acids is 1. The van der Waals surface area contributed by atoms with Gasteiger partial charge >= 0.3 is 6.18 Å². The van der Waals surface area contributed by atoms with Gasteiger partial charge in [0.25, 0.3) is 5.91 Å². The number of rotatable bonds is 6. The van der Waals surface area contributed by atoms with Crippen molar-refractivity contribution in [3.05, 3.63) is 64.7 Å². The minimum Gasteiger partial charge on any atom is -0.481 e.